The van der Waals surface area contributed by atoms with Gasteiger partial charge in [-0.1, -0.05) is 49.4 Å². The van der Waals surface area contributed by atoms with Crippen molar-refractivity contribution in [1.29, 1.82) is 0 Å². The highest BCUT2D eigenvalue weighted by Crippen LogP contribution is 2.07. The molecule has 0 atom stereocenters. The second kappa shape index (κ2) is 7.53. The van der Waals surface area contributed by atoms with Gasteiger partial charge in [-0.05, 0) is 11.5 Å². The third kappa shape index (κ3) is 4.91. The van der Waals surface area contributed by atoms with Crippen LogP contribution in [0.2, 0.25) is 0 Å². The lowest BCUT2D eigenvalue weighted by Gasteiger charge is -2.21. The maximum atomic E-state index is 12.4. The number of aromatic nitrogens is 3. The molecule has 1 amide bonds. The van der Waals surface area contributed by atoms with Crippen LogP contribution >= 0.6 is 0 Å². The van der Waals surface area contributed by atoms with Crippen LogP contribution in [-0.4, -0.2) is 50.0 Å². The lowest BCUT2D eigenvalue weighted by atomic mass is 10.2. The Kier molecular flexibility index (Phi) is 5.46. The molecule has 7 nitrogen and oxygen atoms in total. The molecule has 0 aliphatic carbocycles. The molecule has 1 aromatic heterocycles. The highest BCUT2D eigenvalue weighted by atomic mass is 16.4. The SMILES string of the molecule is CC(C)CN(CC(=O)O)C(=O)c1cn(Cc2ccccc2)nn1. The van der Waals surface area contributed by atoms with Gasteiger partial charge in [0, 0.05) is 6.54 Å². The van der Waals surface area contributed by atoms with Gasteiger partial charge >= 0.3 is 5.97 Å². The van der Waals surface area contributed by atoms with Gasteiger partial charge in [-0.15, -0.1) is 5.10 Å². The minimum atomic E-state index is -1.05. The average molecular weight is 316 g/mol. The molecule has 7 heteroatoms. The van der Waals surface area contributed by atoms with E-state index < -0.39 is 11.9 Å². The van der Waals surface area contributed by atoms with Gasteiger partial charge in [-0.25, -0.2) is 4.68 Å². The van der Waals surface area contributed by atoms with Crippen molar-refractivity contribution < 1.29 is 14.7 Å². The normalized spacial score (nSPS) is 10.7. The first-order chi connectivity index (χ1) is 11.0. The van der Waals surface area contributed by atoms with Crippen molar-refractivity contribution >= 4 is 11.9 Å². The Labute approximate surface area is 134 Å². The van der Waals surface area contributed by atoms with Crippen molar-refractivity contribution in [2.24, 2.45) is 5.92 Å². The Hall–Kier alpha value is -2.70. The first kappa shape index (κ1) is 16.7. The summed E-state index contributed by atoms with van der Waals surface area (Å²) in [7, 11) is 0. The molecular formula is C16H20N4O3. The van der Waals surface area contributed by atoms with E-state index in [0.717, 1.165) is 5.56 Å². The van der Waals surface area contributed by atoms with Gasteiger partial charge in [0.05, 0.1) is 12.7 Å². The summed E-state index contributed by atoms with van der Waals surface area (Å²) in [5.74, 6) is -1.30. The van der Waals surface area contributed by atoms with Gasteiger partial charge in [-0.3, -0.25) is 9.59 Å². The fraction of sp³-hybridized carbons (Fsp3) is 0.375. The molecule has 0 fully saturated rings. The second-order valence-electron chi connectivity index (χ2n) is 5.76. The highest BCUT2D eigenvalue weighted by molar-refractivity contribution is 5.93. The Morgan fingerprint density at radius 3 is 2.57 bits per heavy atom. The van der Waals surface area contributed by atoms with Crippen LogP contribution in [0.4, 0.5) is 0 Å². The second-order valence-corrected chi connectivity index (χ2v) is 5.76. The summed E-state index contributed by atoms with van der Waals surface area (Å²) >= 11 is 0. The lowest BCUT2D eigenvalue weighted by molar-refractivity contribution is -0.137. The molecular weight excluding hydrogens is 296 g/mol. The van der Waals surface area contributed by atoms with E-state index in [4.69, 9.17) is 5.11 Å². The molecule has 122 valence electrons. The van der Waals surface area contributed by atoms with E-state index in [2.05, 4.69) is 10.3 Å². The number of carboxylic acid groups (broad SMARTS) is 1. The largest absolute Gasteiger partial charge is 0.480 e. The van der Waals surface area contributed by atoms with Crippen LogP contribution in [0.1, 0.15) is 29.9 Å². The number of carbonyl (C=O) groups excluding carboxylic acids is 1. The van der Waals surface area contributed by atoms with Gasteiger partial charge < -0.3 is 10.0 Å². The van der Waals surface area contributed by atoms with Gasteiger partial charge in [0.2, 0.25) is 0 Å². The minimum absolute atomic E-state index is 0.155. The van der Waals surface area contributed by atoms with E-state index in [1.165, 1.54) is 4.90 Å². The smallest absolute Gasteiger partial charge is 0.323 e. The first-order valence-electron chi connectivity index (χ1n) is 7.41. The zero-order valence-electron chi connectivity index (χ0n) is 13.2. The van der Waals surface area contributed by atoms with Gasteiger partial charge in [0.25, 0.3) is 5.91 Å². The number of carboxylic acids is 1. The molecule has 0 spiro atoms. The summed E-state index contributed by atoms with van der Waals surface area (Å²) in [6, 6.07) is 9.69. The molecule has 23 heavy (non-hydrogen) atoms. The molecule has 1 aromatic carbocycles. The lowest BCUT2D eigenvalue weighted by Crippen LogP contribution is -2.38. The highest BCUT2D eigenvalue weighted by Gasteiger charge is 2.22. The van der Waals surface area contributed by atoms with Crippen LogP contribution in [0.3, 0.4) is 0 Å². The monoisotopic (exact) mass is 316 g/mol. The molecule has 0 unspecified atom stereocenters. The zero-order valence-corrected chi connectivity index (χ0v) is 13.2. The van der Waals surface area contributed by atoms with Crippen molar-refractivity contribution in [3.63, 3.8) is 0 Å². The fourth-order valence-corrected chi connectivity index (χ4v) is 2.23. The number of amides is 1. The van der Waals surface area contributed by atoms with E-state index in [0.29, 0.717) is 13.1 Å². The summed E-state index contributed by atoms with van der Waals surface area (Å²) in [6.45, 7) is 4.37. The molecule has 1 heterocycles. The summed E-state index contributed by atoms with van der Waals surface area (Å²) in [4.78, 5) is 24.6. The number of hydrogen-bond acceptors (Lipinski definition) is 4. The number of aliphatic carboxylic acids is 1. The standard InChI is InChI=1S/C16H20N4O3/c1-12(2)8-19(11-15(21)22)16(23)14-10-20(18-17-14)9-13-6-4-3-5-7-13/h3-7,10,12H,8-9,11H2,1-2H3,(H,21,22). The Balaban J connectivity index is 2.10. The predicted molar refractivity (Wildman–Crippen MR) is 83.9 cm³/mol. The van der Waals surface area contributed by atoms with E-state index in [1.807, 2.05) is 44.2 Å². The number of rotatable bonds is 7. The van der Waals surface area contributed by atoms with Gasteiger partial charge in [0.15, 0.2) is 5.69 Å². The van der Waals surface area contributed by atoms with Crippen LogP contribution in [-0.2, 0) is 11.3 Å². The van der Waals surface area contributed by atoms with Crippen molar-refractivity contribution in [2.45, 2.75) is 20.4 Å². The fourth-order valence-electron chi connectivity index (χ4n) is 2.23. The van der Waals surface area contributed by atoms with E-state index in [-0.39, 0.29) is 18.2 Å². The molecule has 0 bridgehead atoms. The Morgan fingerprint density at radius 1 is 1.26 bits per heavy atom. The summed E-state index contributed by atoms with van der Waals surface area (Å²) in [5, 5.41) is 16.8. The molecule has 0 aliphatic rings. The Morgan fingerprint density at radius 2 is 1.96 bits per heavy atom. The average Bonchev–Trinajstić information content (AvgIpc) is 2.94. The molecule has 0 saturated heterocycles. The number of benzene rings is 1. The molecule has 0 aliphatic heterocycles. The maximum absolute atomic E-state index is 12.4. The number of nitrogens with zero attached hydrogens (tertiary/aromatic N) is 4. The molecule has 0 radical (unpaired) electrons. The molecule has 1 N–H and O–H groups in total. The summed E-state index contributed by atoms with van der Waals surface area (Å²) < 4.78 is 1.57. The van der Waals surface area contributed by atoms with Gasteiger partial charge in [-0.2, -0.15) is 0 Å². The molecule has 2 aromatic rings. The quantitative estimate of drug-likeness (QED) is 0.836. The van der Waals surface area contributed by atoms with Crippen LogP contribution in [0.15, 0.2) is 36.5 Å². The van der Waals surface area contributed by atoms with Crippen LogP contribution in [0, 0.1) is 5.92 Å². The number of hydrogen-bond donors (Lipinski definition) is 1. The van der Waals surface area contributed by atoms with Crippen molar-refractivity contribution in [1.82, 2.24) is 19.9 Å². The van der Waals surface area contributed by atoms with Gasteiger partial charge in [0.1, 0.15) is 6.54 Å². The van der Waals surface area contributed by atoms with Crippen molar-refractivity contribution in [2.75, 3.05) is 13.1 Å². The summed E-state index contributed by atoms with van der Waals surface area (Å²) in [6.07, 6.45) is 1.55. The predicted octanol–water partition coefficient (Wildman–Crippen LogP) is 1.51. The van der Waals surface area contributed by atoms with E-state index in [1.54, 1.807) is 10.9 Å². The summed E-state index contributed by atoms with van der Waals surface area (Å²) in [5.41, 5.74) is 1.20. The minimum Gasteiger partial charge on any atom is -0.480 e. The topological polar surface area (TPSA) is 88.3 Å². The van der Waals surface area contributed by atoms with E-state index in [9.17, 15) is 9.59 Å². The first-order valence-corrected chi connectivity index (χ1v) is 7.41. The maximum Gasteiger partial charge on any atom is 0.323 e. The molecule has 0 saturated carbocycles. The third-order valence-electron chi connectivity index (χ3n) is 3.14. The zero-order chi connectivity index (χ0) is 16.8. The third-order valence-corrected chi connectivity index (χ3v) is 3.14. The van der Waals surface area contributed by atoms with E-state index >= 15 is 0 Å². The van der Waals surface area contributed by atoms with Crippen LogP contribution in [0.5, 0.6) is 0 Å². The van der Waals surface area contributed by atoms with Crippen LogP contribution in [0.25, 0.3) is 0 Å². The van der Waals surface area contributed by atoms with Crippen LogP contribution < -0.4 is 0 Å². The number of carbonyl (C=O) groups is 2. The van der Waals surface area contributed by atoms with Crippen molar-refractivity contribution in [3.05, 3.63) is 47.8 Å². The van der Waals surface area contributed by atoms with Crippen molar-refractivity contribution in [3.8, 4) is 0 Å². The Bertz CT molecular complexity index is 667. The molecule has 2 rings (SSSR count).